The summed E-state index contributed by atoms with van der Waals surface area (Å²) in [6.45, 7) is 6.03. The van der Waals surface area contributed by atoms with Gasteiger partial charge in [0.1, 0.15) is 0 Å². The number of nitrogens with zero attached hydrogens (tertiary/aromatic N) is 4. The fourth-order valence-corrected chi connectivity index (χ4v) is 4.08. The Morgan fingerprint density at radius 3 is 2.42 bits per heavy atom. The van der Waals surface area contributed by atoms with Gasteiger partial charge in [0.25, 0.3) is 5.56 Å². The van der Waals surface area contributed by atoms with E-state index in [1.54, 1.807) is 4.57 Å². The first-order chi connectivity index (χ1) is 15.1. The number of fused-ring (bicyclic) bond motifs is 1. The second-order valence-electron chi connectivity index (χ2n) is 8.07. The van der Waals surface area contributed by atoms with E-state index in [0.29, 0.717) is 38.7 Å². The van der Waals surface area contributed by atoms with Crippen molar-refractivity contribution in [2.75, 3.05) is 24.7 Å². The van der Waals surface area contributed by atoms with Crippen molar-refractivity contribution in [2.45, 2.75) is 39.8 Å². The number of aromatic nitrogens is 2. The predicted octanol–water partition coefficient (Wildman–Crippen LogP) is 3.46. The van der Waals surface area contributed by atoms with Crippen LogP contribution in [0.15, 0.2) is 59.4 Å². The van der Waals surface area contributed by atoms with E-state index in [1.165, 1.54) is 5.56 Å². The van der Waals surface area contributed by atoms with E-state index in [4.69, 9.17) is 4.98 Å². The Morgan fingerprint density at radius 2 is 1.74 bits per heavy atom. The van der Waals surface area contributed by atoms with Crippen molar-refractivity contribution in [2.24, 2.45) is 0 Å². The molecule has 31 heavy (non-hydrogen) atoms. The SMILES string of the molecule is CCc1ccc(N2CN(CCCO)Cn3c2nc(C)c(Cc2ccccc2)c3=O)cc1. The Balaban J connectivity index is 1.76. The molecule has 0 bridgehead atoms. The summed E-state index contributed by atoms with van der Waals surface area (Å²) in [7, 11) is 0. The largest absolute Gasteiger partial charge is 0.396 e. The second kappa shape index (κ2) is 9.45. The summed E-state index contributed by atoms with van der Waals surface area (Å²) in [5.74, 6) is 0.684. The topological polar surface area (TPSA) is 61.6 Å². The lowest BCUT2D eigenvalue weighted by atomic mass is 10.1. The van der Waals surface area contributed by atoms with Gasteiger partial charge in [-0.25, -0.2) is 4.98 Å². The van der Waals surface area contributed by atoms with Crippen molar-refractivity contribution >= 4 is 11.6 Å². The molecule has 4 rings (SSSR count). The van der Waals surface area contributed by atoms with Gasteiger partial charge in [-0.05, 0) is 43.0 Å². The van der Waals surface area contributed by atoms with Crippen LogP contribution in [0.3, 0.4) is 0 Å². The molecule has 0 amide bonds. The molecule has 1 aliphatic heterocycles. The van der Waals surface area contributed by atoms with E-state index in [1.807, 2.05) is 37.3 Å². The smallest absolute Gasteiger partial charge is 0.259 e. The fraction of sp³-hybridized carbons (Fsp3) is 0.360. The van der Waals surface area contributed by atoms with Crippen LogP contribution in [0, 0.1) is 6.92 Å². The summed E-state index contributed by atoms with van der Waals surface area (Å²) in [6.07, 6.45) is 2.22. The van der Waals surface area contributed by atoms with Gasteiger partial charge in [0, 0.05) is 30.8 Å². The van der Waals surface area contributed by atoms with Crippen molar-refractivity contribution in [3.8, 4) is 0 Å². The number of aliphatic hydroxyl groups excluding tert-OH is 1. The van der Waals surface area contributed by atoms with E-state index in [9.17, 15) is 9.90 Å². The van der Waals surface area contributed by atoms with Crippen LogP contribution in [0.1, 0.15) is 35.7 Å². The van der Waals surface area contributed by atoms with Crippen LogP contribution in [-0.2, 0) is 19.5 Å². The Bertz CT molecular complexity index is 1080. The van der Waals surface area contributed by atoms with E-state index in [0.717, 1.165) is 28.9 Å². The number of benzene rings is 2. The molecule has 6 nitrogen and oxygen atoms in total. The van der Waals surface area contributed by atoms with Gasteiger partial charge in [-0.15, -0.1) is 0 Å². The standard InChI is InChI=1S/C25H30N4O2/c1-3-20-10-12-22(13-11-20)28-17-27(14-7-15-30)18-29-24(31)23(19(2)26-25(28)29)16-21-8-5-4-6-9-21/h4-6,8-13,30H,3,7,14-18H2,1-2H3. The molecule has 0 aliphatic carbocycles. The zero-order valence-corrected chi connectivity index (χ0v) is 18.3. The minimum atomic E-state index is 0.00947. The van der Waals surface area contributed by atoms with Crippen LogP contribution in [0.5, 0.6) is 0 Å². The monoisotopic (exact) mass is 418 g/mol. The van der Waals surface area contributed by atoms with Gasteiger partial charge in [0.05, 0.1) is 19.0 Å². The van der Waals surface area contributed by atoms with Crippen LogP contribution in [-0.4, -0.2) is 39.4 Å². The third-order valence-electron chi connectivity index (χ3n) is 5.89. The Kier molecular flexibility index (Phi) is 6.49. The maximum atomic E-state index is 13.6. The molecule has 0 saturated heterocycles. The van der Waals surface area contributed by atoms with Crippen molar-refractivity contribution in [3.63, 3.8) is 0 Å². The summed E-state index contributed by atoms with van der Waals surface area (Å²) in [6, 6.07) is 18.5. The lowest BCUT2D eigenvalue weighted by molar-refractivity contribution is 0.175. The predicted molar refractivity (Wildman–Crippen MR) is 124 cm³/mol. The van der Waals surface area contributed by atoms with Gasteiger partial charge in [-0.1, -0.05) is 49.4 Å². The lowest BCUT2D eigenvalue weighted by Gasteiger charge is -2.38. The van der Waals surface area contributed by atoms with Crippen molar-refractivity contribution in [1.82, 2.24) is 14.5 Å². The van der Waals surface area contributed by atoms with E-state index >= 15 is 0 Å². The van der Waals surface area contributed by atoms with Gasteiger partial charge < -0.3 is 5.11 Å². The number of anilines is 2. The highest BCUT2D eigenvalue weighted by molar-refractivity contribution is 5.59. The fourth-order valence-electron chi connectivity index (χ4n) is 4.08. The molecule has 0 fully saturated rings. The molecule has 0 atom stereocenters. The lowest BCUT2D eigenvalue weighted by Crippen LogP contribution is -2.48. The first kappa shape index (κ1) is 21.3. The minimum absolute atomic E-state index is 0.00947. The van der Waals surface area contributed by atoms with Crippen molar-refractivity contribution in [1.29, 1.82) is 0 Å². The molecular formula is C25H30N4O2. The van der Waals surface area contributed by atoms with Crippen LogP contribution in [0.4, 0.5) is 11.6 Å². The van der Waals surface area contributed by atoms with Crippen LogP contribution < -0.4 is 10.5 Å². The van der Waals surface area contributed by atoms with Crippen molar-refractivity contribution < 1.29 is 5.11 Å². The Labute approximate surface area is 183 Å². The average molecular weight is 419 g/mol. The van der Waals surface area contributed by atoms with Gasteiger partial charge in [0.2, 0.25) is 5.95 Å². The van der Waals surface area contributed by atoms with E-state index in [2.05, 4.69) is 41.0 Å². The molecule has 0 unspecified atom stereocenters. The molecule has 1 aliphatic rings. The molecule has 1 N–H and O–H groups in total. The molecule has 2 aromatic carbocycles. The number of hydrogen-bond donors (Lipinski definition) is 1. The molecule has 0 saturated carbocycles. The van der Waals surface area contributed by atoms with Gasteiger partial charge in [0.15, 0.2) is 0 Å². The summed E-state index contributed by atoms with van der Waals surface area (Å²) in [4.78, 5) is 22.7. The van der Waals surface area contributed by atoms with Crippen LogP contribution in [0.2, 0.25) is 0 Å². The highest BCUT2D eigenvalue weighted by Gasteiger charge is 2.27. The first-order valence-corrected chi connectivity index (χ1v) is 10.9. The summed E-state index contributed by atoms with van der Waals surface area (Å²) < 4.78 is 1.78. The normalized spacial score (nSPS) is 14.0. The first-order valence-electron chi connectivity index (χ1n) is 10.9. The zero-order chi connectivity index (χ0) is 21.8. The van der Waals surface area contributed by atoms with Crippen LogP contribution in [0.25, 0.3) is 0 Å². The number of aryl methyl sites for hydroxylation is 2. The molecule has 162 valence electrons. The van der Waals surface area contributed by atoms with E-state index < -0.39 is 0 Å². The summed E-state index contributed by atoms with van der Waals surface area (Å²) in [5, 5.41) is 9.31. The minimum Gasteiger partial charge on any atom is -0.396 e. The molecule has 3 aromatic rings. The Morgan fingerprint density at radius 1 is 1.00 bits per heavy atom. The average Bonchev–Trinajstić information content (AvgIpc) is 2.81. The van der Waals surface area contributed by atoms with Crippen LogP contribution >= 0.6 is 0 Å². The summed E-state index contributed by atoms with van der Waals surface area (Å²) in [5.41, 5.74) is 4.92. The van der Waals surface area contributed by atoms with Crippen molar-refractivity contribution in [3.05, 3.63) is 87.3 Å². The molecular weight excluding hydrogens is 388 g/mol. The summed E-state index contributed by atoms with van der Waals surface area (Å²) >= 11 is 0. The van der Waals surface area contributed by atoms with Gasteiger partial charge in [-0.2, -0.15) is 0 Å². The third-order valence-corrected chi connectivity index (χ3v) is 5.89. The number of rotatable bonds is 7. The van der Waals surface area contributed by atoms with Gasteiger partial charge >= 0.3 is 0 Å². The molecule has 6 heteroatoms. The number of hydrogen-bond acceptors (Lipinski definition) is 5. The second-order valence-corrected chi connectivity index (χ2v) is 8.07. The highest BCUT2D eigenvalue weighted by Crippen LogP contribution is 2.28. The number of aliphatic hydroxyl groups is 1. The molecule has 1 aromatic heterocycles. The molecule has 0 radical (unpaired) electrons. The quantitative estimate of drug-likeness (QED) is 0.637. The van der Waals surface area contributed by atoms with E-state index in [-0.39, 0.29) is 12.2 Å². The molecule has 0 spiro atoms. The Hall–Kier alpha value is -2.96. The maximum absolute atomic E-state index is 13.6. The third kappa shape index (κ3) is 4.55. The van der Waals surface area contributed by atoms with Gasteiger partial charge in [-0.3, -0.25) is 19.2 Å². The maximum Gasteiger partial charge on any atom is 0.259 e. The highest BCUT2D eigenvalue weighted by atomic mass is 16.3. The zero-order valence-electron chi connectivity index (χ0n) is 18.3. The molecule has 2 heterocycles.